The highest BCUT2D eigenvalue weighted by Gasteiger charge is 2.43. The average molecular weight is 527 g/mol. The van der Waals surface area contributed by atoms with Crippen LogP contribution in [0.15, 0.2) is 36.5 Å². The summed E-state index contributed by atoms with van der Waals surface area (Å²) in [6, 6.07) is 8.99. The van der Waals surface area contributed by atoms with E-state index in [1.807, 2.05) is 6.07 Å². The van der Waals surface area contributed by atoms with E-state index < -0.39 is 15.6 Å². The third-order valence-electron chi connectivity index (χ3n) is 6.19. The Kier molecular flexibility index (Phi) is 6.90. The number of aromatic nitrogens is 1. The van der Waals surface area contributed by atoms with Crippen LogP contribution in [0.1, 0.15) is 39.5 Å². The van der Waals surface area contributed by atoms with Gasteiger partial charge in [-0.25, -0.2) is 13.4 Å². The summed E-state index contributed by atoms with van der Waals surface area (Å²) in [5, 5.41) is 4.01. The molecule has 184 valence electrons. The fourth-order valence-electron chi connectivity index (χ4n) is 4.72. The minimum absolute atomic E-state index is 0.0241. The van der Waals surface area contributed by atoms with E-state index in [0.717, 1.165) is 37.8 Å². The van der Waals surface area contributed by atoms with Crippen molar-refractivity contribution in [2.24, 2.45) is 0 Å². The molecular formula is C23H28Cl2N4O4S. The molecule has 1 aromatic heterocycles. The van der Waals surface area contributed by atoms with Crippen LogP contribution in [0.4, 0.5) is 11.5 Å². The van der Waals surface area contributed by atoms with Crippen molar-refractivity contribution in [3.8, 4) is 5.75 Å². The number of hydrogen-bond donors (Lipinski definition) is 2. The lowest BCUT2D eigenvalue weighted by molar-refractivity contribution is -0.135. The number of fused-ring (bicyclic) bond motifs is 2. The molecule has 2 aliphatic heterocycles. The first kappa shape index (κ1) is 24.9. The lowest BCUT2D eigenvalue weighted by Gasteiger charge is -2.40. The molecule has 34 heavy (non-hydrogen) atoms. The van der Waals surface area contributed by atoms with E-state index in [1.54, 1.807) is 38.1 Å². The summed E-state index contributed by atoms with van der Waals surface area (Å²) < 4.78 is 31.2. The number of rotatable bonds is 7. The average Bonchev–Trinajstić information content (AvgIpc) is 3.00. The molecular weight excluding hydrogens is 499 g/mol. The van der Waals surface area contributed by atoms with Crippen LogP contribution < -0.4 is 19.7 Å². The molecule has 2 atom stereocenters. The molecule has 1 aromatic carbocycles. The number of piperidine rings is 1. The van der Waals surface area contributed by atoms with Gasteiger partial charge in [0, 0.05) is 23.1 Å². The number of benzene rings is 1. The van der Waals surface area contributed by atoms with Crippen molar-refractivity contribution < 1.29 is 17.9 Å². The maximum Gasteiger partial charge on any atom is 0.263 e. The molecule has 1 amide bonds. The standard InChI is InChI=1S/C23H28Cl2N4O4S/c1-23(2,33-20-8-4-14(24)10-19(20)25)22(30)27-16-11-17-6-7-18(12-16)29(17)21-9-5-15(13-26-21)28-34(3,31)32/h4-5,8-10,13,16-18,28H,6-7,11-12H2,1-3H3,(H,27,30). The number of sulfonamides is 1. The van der Waals surface area contributed by atoms with Crippen LogP contribution in [0.5, 0.6) is 5.75 Å². The summed E-state index contributed by atoms with van der Waals surface area (Å²) in [5.41, 5.74) is -0.679. The number of nitrogens with zero attached hydrogens (tertiary/aromatic N) is 2. The van der Waals surface area contributed by atoms with E-state index >= 15 is 0 Å². The second kappa shape index (κ2) is 9.43. The van der Waals surface area contributed by atoms with Crippen molar-refractivity contribution >= 4 is 50.6 Å². The number of halogens is 2. The van der Waals surface area contributed by atoms with Gasteiger partial charge in [-0.15, -0.1) is 0 Å². The molecule has 0 radical (unpaired) electrons. The number of ether oxygens (including phenoxy) is 1. The summed E-state index contributed by atoms with van der Waals surface area (Å²) in [5.74, 6) is 1.02. The minimum atomic E-state index is -3.35. The first-order chi connectivity index (χ1) is 15.9. The van der Waals surface area contributed by atoms with Crippen molar-refractivity contribution in [1.29, 1.82) is 0 Å². The largest absolute Gasteiger partial charge is 0.476 e. The van der Waals surface area contributed by atoms with E-state index in [2.05, 4.69) is 19.9 Å². The number of nitrogens with one attached hydrogen (secondary N) is 2. The summed E-state index contributed by atoms with van der Waals surface area (Å²) in [6.45, 7) is 3.43. The second-order valence-corrected chi connectivity index (χ2v) is 12.0. The van der Waals surface area contributed by atoms with Crippen LogP contribution in [0.3, 0.4) is 0 Å². The molecule has 3 heterocycles. The first-order valence-corrected chi connectivity index (χ1v) is 13.7. The van der Waals surface area contributed by atoms with Crippen molar-refractivity contribution in [3.05, 3.63) is 46.6 Å². The maximum absolute atomic E-state index is 13.1. The Morgan fingerprint density at radius 1 is 1.15 bits per heavy atom. The minimum Gasteiger partial charge on any atom is -0.476 e. The highest BCUT2D eigenvalue weighted by atomic mass is 35.5. The van der Waals surface area contributed by atoms with Crippen molar-refractivity contribution in [2.75, 3.05) is 15.9 Å². The van der Waals surface area contributed by atoms with E-state index in [9.17, 15) is 13.2 Å². The molecule has 2 unspecified atom stereocenters. The normalized spacial score (nSPS) is 22.4. The zero-order valence-corrected chi connectivity index (χ0v) is 21.5. The molecule has 0 saturated carbocycles. The molecule has 4 rings (SSSR count). The highest BCUT2D eigenvalue weighted by molar-refractivity contribution is 7.92. The summed E-state index contributed by atoms with van der Waals surface area (Å²) in [6.07, 6.45) is 6.27. The fourth-order valence-corrected chi connectivity index (χ4v) is 5.72. The summed E-state index contributed by atoms with van der Waals surface area (Å²) in [7, 11) is -3.35. The second-order valence-electron chi connectivity index (χ2n) is 9.40. The molecule has 11 heteroatoms. The molecule has 2 N–H and O–H groups in total. The Labute approximate surface area is 210 Å². The quantitative estimate of drug-likeness (QED) is 0.559. The predicted molar refractivity (Wildman–Crippen MR) is 134 cm³/mol. The molecule has 0 spiro atoms. The monoisotopic (exact) mass is 526 g/mol. The van der Waals surface area contributed by atoms with Gasteiger partial charge in [-0.1, -0.05) is 23.2 Å². The molecule has 0 aliphatic carbocycles. The van der Waals surface area contributed by atoms with Crippen LogP contribution in [0.25, 0.3) is 0 Å². The van der Waals surface area contributed by atoms with Crippen molar-refractivity contribution in [3.63, 3.8) is 0 Å². The number of anilines is 2. The SMILES string of the molecule is CC(C)(Oc1ccc(Cl)cc1Cl)C(=O)NC1CC2CCC(C1)N2c1ccc(NS(C)(=O)=O)cn1. The van der Waals surface area contributed by atoms with Crippen molar-refractivity contribution in [1.82, 2.24) is 10.3 Å². The van der Waals surface area contributed by atoms with Gasteiger partial charge >= 0.3 is 0 Å². The van der Waals surface area contributed by atoms with Crippen LogP contribution in [0.2, 0.25) is 10.0 Å². The molecule has 2 aliphatic rings. The van der Waals surface area contributed by atoms with E-state index in [1.165, 1.54) is 6.20 Å². The Morgan fingerprint density at radius 2 is 1.82 bits per heavy atom. The Morgan fingerprint density at radius 3 is 2.38 bits per heavy atom. The zero-order chi connectivity index (χ0) is 24.7. The van der Waals surface area contributed by atoms with Crippen LogP contribution in [0, 0.1) is 0 Å². The predicted octanol–water partition coefficient (Wildman–Crippen LogP) is 4.23. The van der Waals surface area contributed by atoms with Gasteiger partial charge in [-0.2, -0.15) is 0 Å². The van der Waals surface area contributed by atoms with Gasteiger partial charge in [0.1, 0.15) is 11.6 Å². The number of pyridine rings is 1. The van der Waals surface area contributed by atoms with Crippen LogP contribution in [-0.2, 0) is 14.8 Å². The van der Waals surface area contributed by atoms with Gasteiger partial charge in [0.05, 0.1) is 23.2 Å². The molecule has 2 bridgehead atoms. The van der Waals surface area contributed by atoms with Gasteiger partial charge in [-0.3, -0.25) is 9.52 Å². The van der Waals surface area contributed by atoms with E-state index in [0.29, 0.717) is 21.5 Å². The van der Waals surface area contributed by atoms with Crippen LogP contribution >= 0.6 is 23.2 Å². The third-order valence-corrected chi connectivity index (χ3v) is 7.33. The summed E-state index contributed by atoms with van der Waals surface area (Å²) >= 11 is 12.2. The fraction of sp³-hybridized carbons (Fsp3) is 0.478. The van der Waals surface area contributed by atoms with Gasteiger partial charge < -0.3 is 15.0 Å². The molecule has 8 nitrogen and oxygen atoms in total. The topological polar surface area (TPSA) is 101 Å². The molecule has 2 saturated heterocycles. The number of carbonyl (C=O) groups excluding carboxylic acids is 1. The lowest BCUT2D eigenvalue weighted by Crippen LogP contribution is -2.55. The zero-order valence-electron chi connectivity index (χ0n) is 19.2. The highest BCUT2D eigenvalue weighted by Crippen LogP contribution is 2.39. The van der Waals surface area contributed by atoms with E-state index in [-0.39, 0.29) is 24.0 Å². The Balaban J connectivity index is 1.39. The number of hydrogen-bond acceptors (Lipinski definition) is 6. The molecule has 2 aromatic rings. The smallest absolute Gasteiger partial charge is 0.263 e. The van der Waals surface area contributed by atoms with Gasteiger partial charge in [0.25, 0.3) is 5.91 Å². The van der Waals surface area contributed by atoms with Gasteiger partial charge in [0.2, 0.25) is 10.0 Å². The number of carbonyl (C=O) groups is 1. The van der Waals surface area contributed by atoms with Crippen LogP contribution in [-0.4, -0.2) is 49.3 Å². The molecule has 2 fully saturated rings. The van der Waals surface area contributed by atoms with Crippen molar-refractivity contribution in [2.45, 2.75) is 63.3 Å². The maximum atomic E-state index is 13.1. The van der Waals surface area contributed by atoms with Gasteiger partial charge in [-0.05, 0) is 69.9 Å². The van der Waals surface area contributed by atoms with Gasteiger partial charge in [0.15, 0.2) is 5.60 Å². The summed E-state index contributed by atoms with van der Waals surface area (Å²) in [4.78, 5) is 19.8. The lowest BCUT2D eigenvalue weighted by atomic mass is 9.96. The third kappa shape index (κ3) is 5.70. The Hall–Kier alpha value is -2.23. The van der Waals surface area contributed by atoms with E-state index in [4.69, 9.17) is 27.9 Å². The number of amides is 1. The Bertz CT molecular complexity index is 1160. The first-order valence-electron chi connectivity index (χ1n) is 11.1.